The molecule has 0 atom stereocenters. The summed E-state index contributed by atoms with van der Waals surface area (Å²) in [6, 6.07) is 3.44. The summed E-state index contributed by atoms with van der Waals surface area (Å²) >= 11 is 0. The molecule has 0 bridgehead atoms. The minimum absolute atomic E-state index is 0.0116. The maximum absolute atomic E-state index is 12.8. The van der Waals surface area contributed by atoms with Crippen LogP contribution < -0.4 is 10.2 Å². The van der Waals surface area contributed by atoms with Crippen molar-refractivity contribution < 1.29 is 22.8 Å². The summed E-state index contributed by atoms with van der Waals surface area (Å²) in [6.45, 7) is 0.830. The molecule has 19 heavy (non-hydrogen) atoms. The van der Waals surface area contributed by atoms with Crippen LogP contribution >= 0.6 is 0 Å². The van der Waals surface area contributed by atoms with E-state index in [0.29, 0.717) is 13.1 Å². The molecule has 1 aromatic carbocycles. The Morgan fingerprint density at radius 1 is 1.32 bits per heavy atom. The fourth-order valence-electron chi connectivity index (χ4n) is 1.95. The number of benzene rings is 1. The molecule has 1 fully saturated rings. The molecule has 0 aliphatic carbocycles. The van der Waals surface area contributed by atoms with E-state index in [4.69, 9.17) is 0 Å². The van der Waals surface area contributed by atoms with Gasteiger partial charge in [-0.1, -0.05) is 0 Å². The van der Waals surface area contributed by atoms with Crippen molar-refractivity contribution >= 4 is 17.9 Å². The second-order valence-corrected chi connectivity index (χ2v) is 4.16. The number of aldehydes is 1. The number of halogens is 3. The standard InChI is InChI=1S/C12H11F3N2O2/c13-12(14,15)10-5-9(2-1-8(10)7-18)17-4-3-16-11(19)6-17/h1-2,5,7H,3-4,6H2,(H,16,19). The van der Waals surface area contributed by atoms with Crippen molar-refractivity contribution in [3.63, 3.8) is 0 Å². The third kappa shape index (κ3) is 2.86. The van der Waals surface area contributed by atoms with Gasteiger partial charge in [0.05, 0.1) is 12.1 Å². The van der Waals surface area contributed by atoms with Crippen LogP contribution in [0.5, 0.6) is 0 Å². The first-order valence-corrected chi connectivity index (χ1v) is 5.60. The van der Waals surface area contributed by atoms with Crippen molar-refractivity contribution in [2.24, 2.45) is 0 Å². The maximum Gasteiger partial charge on any atom is 0.417 e. The van der Waals surface area contributed by atoms with E-state index >= 15 is 0 Å². The first-order valence-electron chi connectivity index (χ1n) is 5.60. The van der Waals surface area contributed by atoms with E-state index in [1.807, 2.05) is 0 Å². The van der Waals surface area contributed by atoms with Crippen LogP contribution in [-0.2, 0) is 11.0 Å². The van der Waals surface area contributed by atoms with Crippen LogP contribution in [0.25, 0.3) is 0 Å². The van der Waals surface area contributed by atoms with Crippen molar-refractivity contribution in [2.75, 3.05) is 24.5 Å². The Morgan fingerprint density at radius 3 is 2.63 bits per heavy atom. The lowest BCUT2D eigenvalue weighted by Gasteiger charge is -2.29. The molecule has 1 heterocycles. The van der Waals surface area contributed by atoms with Crippen LogP contribution in [0.3, 0.4) is 0 Å². The zero-order valence-corrected chi connectivity index (χ0v) is 9.83. The van der Waals surface area contributed by atoms with E-state index < -0.39 is 17.3 Å². The number of anilines is 1. The molecule has 0 unspecified atom stereocenters. The number of amides is 1. The molecule has 102 valence electrons. The third-order valence-corrected chi connectivity index (χ3v) is 2.87. The molecule has 1 aromatic rings. The summed E-state index contributed by atoms with van der Waals surface area (Å²) in [4.78, 5) is 23.4. The first-order chi connectivity index (χ1) is 8.91. The lowest BCUT2D eigenvalue weighted by molar-refractivity contribution is -0.137. The molecule has 0 saturated carbocycles. The van der Waals surface area contributed by atoms with Crippen LogP contribution in [0.15, 0.2) is 18.2 Å². The number of carbonyl (C=O) groups is 2. The van der Waals surface area contributed by atoms with Gasteiger partial charge < -0.3 is 10.2 Å². The summed E-state index contributed by atoms with van der Waals surface area (Å²) in [5.74, 6) is -0.237. The summed E-state index contributed by atoms with van der Waals surface area (Å²) < 4.78 is 38.4. The minimum atomic E-state index is -4.59. The monoisotopic (exact) mass is 272 g/mol. The highest BCUT2D eigenvalue weighted by atomic mass is 19.4. The SMILES string of the molecule is O=Cc1ccc(N2CCNC(=O)C2)cc1C(F)(F)F. The molecular formula is C12H11F3N2O2. The highest BCUT2D eigenvalue weighted by Crippen LogP contribution is 2.34. The Bertz CT molecular complexity index is 514. The number of carbonyl (C=O) groups excluding carboxylic acids is 2. The van der Waals surface area contributed by atoms with Crippen molar-refractivity contribution in [3.8, 4) is 0 Å². The average molecular weight is 272 g/mol. The normalized spacial score (nSPS) is 16.2. The molecule has 1 aliphatic heterocycles. The van der Waals surface area contributed by atoms with E-state index in [9.17, 15) is 22.8 Å². The lowest BCUT2D eigenvalue weighted by atomic mass is 10.1. The van der Waals surface area contributed by atoms with Crippen LogP contribution in [0.1, 0.15) is 15.9 Å². The van der Waals surface area contributed by atoms with Crippen molar-refractivity contribution in [1.82, 2.24) is 5.32 Å². The highest BCUT2D eigenvalue weighted by Gasteiger charge is 2.34. The van der Waals surface area contributed by atoms with E-state index in [1.54, 1.807) is 4.90 Å². The van der Waals surface area contributed by atoms with Gasteiger partial charge in [0.2, 0.25) is 5.91 Å². The fraction of sp³-hybridized carbons (Fsp3) is 0.333. The van der Waals surface area contributed by atoms with Gasteiger partial charge in [0, 0.05) is 24.3 Å². The zero-order valence-electron chi connectivity index (χ0n) is 9.83. The van der Waals surface area contributed by atoms with Gasteiger partial charge in [-0.2, -0.15) is 13.2 Å². The van der Waals surface area contributed by atoms with Crippen molar-refractivity contribution in [2.45, 2.75) is 6.18 Å². The van der Waals surface area contributed by atoms with Gasteiger partial charge in [0.1, 0.15) is 0 Å². The van der Waals surface area contributed by atoms with E-state index in [2.05, 4.69) is 5.32 Å². The number of rotatable bonds is 2. The van der Waals surface area contributed by atoms with Gasteiger partial charge in [0.25, 0.3) is 0 Å². The van der Waals surface area contributed by atoms with Gasteiger partial charge >= 0.3 is 6.18 Å². The summed E-state index contributed by atoms with van der Waals surface area (Å²) in [5, 5.41) is 2.59. The average Bonchev–Trinajstić information content (AvgIpc) is 2.37. The van der Waals surface area contributed by atoms with Crippen LogP contribution in [0, 0.1) is 0 Å². The van der Waals surface area contributed by atoms with Crippen molar-refractivity contribution in [3.05, 3.63) is 29.3 Å². The van der Waals surface area contributed by atoms with E-state index in [0.717, 1.165) is 12.1 Å². The number of nitrogens with zero attached hydrogens (tertiary/aromatic N) is 1. The van der Waals surface area contributed by atoms with Gasteiger partial charge in [0.15, 0.2) is 6.29 Å². The Morgan fingerprint density at radius 2 is 2.05 bits per heavy atom. The number of hydrogen-bond donors (Lipinski definition) is 1. The largest absolute Gasteiger partial charge is 0.417 e. The van der Waals surface area contributed by atoms with Crippen molar-refractivity contribution in [1.29, 1.82) is 0 Å². The molecule has 0 radical (unpaired) electrons. The Labute approximate surface area is 107 Å². The fourth-order valence-corrected chi connectivity index (χ4v) is 1.95. The van der Waals surface area contributed by atoms with Gasteiger partial charge in [-0.05, 0) is 18.2 Å². The Balaban J connectivity index is 2.37. The topological polar surface area (TPSA) is 49.4 Å². The highest BCUT2D eigenvalue weighted by molar-refractivity contribution is 5.83. The number of nitrogens with one attached hydrogen (secondary N) is 1. The van der Waals surface area contributed by atoms with Gasteiger partial charge in [-0.3, -0.25) is 9.59 Å². The Kier molecular flexibility index (Phi) is 3.46. The molecule has 1 saturated heterocycles. The predicted octanol–water partition coefficient (Wildman–Crippen LogP) is 1.45. The summed E-state index contributed by atoms with van der Waals surface area (Å²) in [5.41, 5.74) is -1.10. The van der Waals surface area contributed by atoms with Crippen LogP contribution in [0.2, 0.25) is 0 Å². The molecule has 7 heteroatoms. The number of piperazine rings is 1. The van der Waals surface area contributed by atoms with Gasteiger partial charge in [-0.15, -0.1) is 0 Å². The summed E-state index contributed by atoms with van der Waals surface area (Å²) in [7, 11) is 0. The number of hydrogen-bond acceptors (Lipinski definition) is 3. The third-order valence-electron chi connectivity index (χ3n) is 2.87. The Hall–Kier alpha value is -2.05. The zero-order chi connectivity index (χ0) is 14.0. The predicted molar refractivity (Wildman–Crippen MR) is 62.1 cm³/mol. The molecule has 1 aliphatic rings. The number of alkyl halides is 3. The lowest BCUT2D eigenvalue weighted by Crippen LogP contribution is -2.47. The van der Waals surface area contributed by atoms with Gasteiger partial charge in [-0.25, -0.2) is 0 Å². The van der Waals surface area contributed by atoms with Crippen LogP contribution in [0.4, 0.5) is 18.9 Å². The molecule has 1 amide bonds. The van der Waals surface area contributed by atoms with Crippen LogP contribution in [-0.4, -0.2) is 31.8 Å². The molecule has 0 aromatic heterocycles. The maximum atomic E-state index is 12.8. The molecule has 0 spiro atoms. The second-order valence-electron chi connectivity index (χ2n) is 4.16. The smallest absolute Gasteiger partial charge is 0.360 e. The van der Waals surface area contributed by atoms with E-state index in [-0.39, 0.29) is 24.4 Å². The first kappa shape index (κ1) is 13.4. The van der Waals surface area contributed by atoms with E-state index in [1.165, 1.54) is 6.07 Å². The molecular weight excluding hydrogens is 261 g/mol. The quantitative estimate of drug-likeness (QED) is 0.829. The molecule has 1 N–H and O–H groups in total. The minimum Gasteiger partial charge on any atom is -0.360 e. The molecule has 4 nitrogen and oxygen atoms in total. The summed E-state index contributed by atoms with van der Waals surface area (Å²) in [6.07, 6.45) is -4.42. The second kappa shape index (κ2) is 4.91. The molecule has 2 rings (SSSR count).